The number of aromatic carboxylic acids is 1. The Morgan fingerprint density at radius 2 is 2.29 bits per heavy atom. The second-order valence-corrected chi connectivity index (χ2v) is 3.94. The highest BCUT2D eigenvalue weighted by Gasteiger charge is 2.27. The monoisotopic (exact) mass is 239 g/mol. The molecule has 1 N–H and O–H groups in total. The molecule has 1 unspecified atom stereocenters. The molecule has 1 aliphatic rings. The number of amides is 1. The van der Waals surface area contributed by atoms with Crippen molar-refractivity contribution in [3.63, 3.8) is 0 Å². The molecular formula is C11H13NO5. The van der Waals surface area contributed by atoms with Crippen molar-refractivity contribution in [2.45, 2.75) is 12.5 Å². The highest BCUT2D eigenvalue weighted by Crippen LogP contribution is 2.16. The van der Waals surface area contributed by atoms with E-state index in [9.17, 15) is 9.59 Å². The standard InChI is InChI=1S/C11H13NO5/c1-12(8-2-3-16-6-8)10(13)9-4-7(5-17-9)11(14)15/h4-5,8H,2-3,6H2,1H3,(H,14,15). The van der Waals surface area contributed by atoms with Gasteiger partial charge >= 0.3 is 5.97 Å². The molecule has 1 aromatic heterocycles. The van der Waals surface area contributed by atoms with Gasteiger partial charge in [-0.15, -0.1) is 0 Å². The lowest BCUT2D eigenvalue weighted by Crippen LogP contribution is -2.37. The SMILES string of the molecule is CN(C(=O)c1cc(C(=O)O)co1)C1CCOC1. The molecule has 0 aliphatic carbocycles. The number of rotatable bonds is 3. The van der Waals surface area contributed by atoms with Gasteiger partial charge in [0.05, 0.1) is 18.2 Å². The van der Waals surface area contributed by atoms with Gasteiger partial charge in [-0.2, -0.15) is 0 Å². The Balaban J connectivity index is 2.09. The van der Waals surface area contributed by atoms with Crippen molar-refractivity contribution in [3.05, 3.63) is 23.7 Å². The fourth-order valence-electron chi connectivity index (χ4n) is 1.73. The minimum atomic E-state index is -1.11. The minimum absolute atomic E-state index is 0.0237. The molecule has 2 rings (SSSR count). The van der Waals surface area contributed by atoms with Gasteiger partial charge in [-0.05, 0) is 6.42 Å². The van der Waals surface area contributed by atoms with Gasteiger partial charge in [-0.3, -0.25) is 4.79 Å². The van der Waals surface area contributed by atoms with Crippen molar-refractivity contribution < 1.29 is 23.8 Å². The summed E-state index contributed by atoms with van der Waals surface area (Å²) in [5.41, 5.74) is -0.0237. The van der Waals surface area contributed by atoms with Gasteiger partial charge in [0.1, 0.15) is 6.26 Å². The van der Waals surface area contributed by atoms with Crippen molar-refractivity contribution in [1.82, 2.24) is 4.90 Å². The van der Waals surface area contributed by atoms with E-state index in [1.54, 1.807) is 7.05 Å². The van der Waals surface area contributed by atoms with Crippen LogP contribution in [0.1, 0.15) is 27.3 Å². The first-order valence-corrected chi connectivity index (χ1v) is 5.26. The third-order valence-corrected chi connectivity index (χ3v) is 2.83. The van der Waals surface area contributed by atoms with Crippen LogP contribution in [0.3, 0.4) is 0 Å². The van der Waals surface area contributed by atoms with Gasteiger partial charge in [0.25, 0.3) is 5.91 Å². The van der Waals surface area contributed by atoms with Crippen LogP contribution in [-0.2, 0) is 4.74 Å². The van der Waals surface area contributed by atoms with E-state index in [0.717, 1.165) is 12.7 Å². The smallest absolute Gasteiger partial charge is 0.338 e. The molecule has 0 saturated carbocycles. The van der Waals surface area contributed by atoms with Gasteiger partial charge in [-0.25, -0.2) is 4.79 Å². The maximum atomic E-state index is 12.0. The lowest BCUT2D eigenvalue weighted by atomic mass is 10.2. The maximum absolute atomic E-state index is 12.0. The molecule has 17 heavy (non-hydrogen) atoms. The number of carbonyl (C=O) groups excluding carboxylic acids is 1. The van der Waals surface area contributed by atoms with E-state index in [1.165, 1.54) is 11.0 Å². The van der Waals surface area contributed by atoms with E-state index in [-0.39, 0.29) is 23.3 Å². The highest BCUT2D eigenvalue weighted by molar-refractivity contribution is 5.95. The molecule has 2 heterocycles. The molecule has 1 aromatic rings. The third-order valence-electron chi connectivity index (χ3n) is 2.83. The number of nitrogens with zero attached hydrogens (tertiary/aromatic N) is 1. The molecule has 6 heteroatoms. The largest absolute Gasteiger partial charge is 0.478 e. The van der Waals surface area contributed by atoms with E-state index < -0.39 is 5.97 Å². The predicted octanol–water partition coefficient (Wildman–Crippen LogP) is 0.839. The minimum Gasteiger partial charge on any atom is -0.478 e. The molecule has 0 aromatic carbocycles. The van der Waals surface area contributed by atoms with E-state index in [4.69, 9.17) is 14.3 Å². The fraction of sp³-hybridized carbons (Fsp3) is 0.455. The van der Waals surface area contributed by atoms with Crippen LogP contribution < -0.4 is 0 Å². The Labute approximate surface area is 97.8 Å². The number of ether oxygens (including phenoxy) is 1. The van der Waals surface area contributed by atoms with Crippen LogP contribution in [0.2, 0.25) is 0 Å². The van der Waals surface area contributed by atoms with Crippen LogP contribution in [0.25, 0.3) is 0 Å². The van der Waals surface area contributed by atoms with E-state index in [2.05, 4.69) is 0 Å². The topological polar surface area (TPSA) is 80.0 Å². The van der Waals surface area contributed by atoms with Crippen LogP contribution in [0.15, 0.2) is 16.7 Å². The number of carboxylic acid groups (broad SMARTS) is 1. The average Bonchev–Trinajstić information content (AvgIpc) is 2.97. The fourth-order valence-corrected chi connectivity index (χ4v) is 1.73. The molecular weight excluding hydrogens is 226 g/mol. The predicted molar refractivity (Wildman–Crippen MR) is 57.0 cm³/mol. The van der Waals surface area contributed by atoms with Gasteiger partial charge in [0.2, 0.25) is 0 Å². The number of likely N-dealkylation sites (N-methyl/N-ethyl adjacent to an activating group) is 1. The van der Waals surface area contributed by atoms with Gasteiger partial charge in [-0.1, -0.05) is 0 Å². The van der Waals surface area contributed by atoms with Crippen molar-refractivity contribution in [3.8, 4) is 0 Å². The zero-order valence-corrected chi connectivity index (χ0v) is 9.38. The normalized spacial score (nSPS) is 19.2. The van der Waals surface area contributed by atoms with Crippen molar-refractivity contribution in [2.24, 2.45) is 0 Å². The summed E-state index contributed by atoms with van der Waals surface area (Å²) in [5.74, 6) is -1.40. The van der Waals surface area contributed by atoms with Gasteiger partial charge in [0.15, 0.2) is 5.76 Å². The van der Waals surface area contributed by atoms with E-state index in [0.29, 0.717) is 13.2 Å². The maximum Gasteiger partial charge on any atom is 0.338 e. The van der Waals surface area contributed by atoms with Crippen LogP contribution >= 0.6 is 0 Å². The van der Waals surface area contributed by atoms with E-state index in [1.807, 2.05) is 0 Å². The molecule has 0 spiro atoms. The summed E-state index contributed by atoms with van der Waals surface area (Å²) in [6.07, 6.45) is 1.85. The van der Waals surface area contributed by atoms with Crippen LogP contribution in [-0.4, -0.2) is 48.2 Å². The molecule has 0 radical (unpaired) electrons. The second-order valence-electron chi connectivity index (χ2n) is 3.94. The zero-order valence-electron chi connectivity index (χ0n) is 9.38. The summed E-state index contributed by atoms with van der Waals surface area (Å²) < 4.78 is 10.1. The van der Waals surface area contributed by atoms with Gasteiger partial charge in [0, 0.05) is 19.7 Å². The first kappa shape index (κ1) is 11.7. The van der Waals surface area contributed by atoms with Crippen LogP contribution in [0.4, 0.5) is 0 Å². The van der Waals surface area contributed by atoms with Crippen molar-refractivity contribution in [1.29, 1.82) is 0 Å². The summed E-state index contributed by atoms with van der Waals surface area (Å²) in [6.45, 7) is 1.15. The number of hydrogen-bond acceptors (Lipinski definition) is 4. The Bertz CT molecular complexity index is 433. The summed E-state index contributed by atoms with van der Waals surface area (Å²) in [5, 5.41) is 8.73. The Kier molecular flexibility index (Phi) is 3.14. The molecule has 1 saturated heterocycles. The van der Waals surface area contributed by atoms with E-state index >= 15 is 0 Å². The summed E-state index contributed by atoms with van der Waals surface area (Å²) in [7, 11) is 1.66. The first-order chi connectivity index (χ1) is 8.09. The summed E-state index contributed by atoms with van der Waals surface area (Å²) in [4.78, 5) is 24.1. The first-order valence-electron chi connectivity index (χ1n) is 5.26. The van der Waals surface area contributed by atoms with Crippen LogP contribution in [0, 0.1) is 0 Å². The molecule has 1 amide bonds. The van der Waals surface area contributed by atoms with Crippen LogP contribution in [0.5, 0.6) is 0 Å². The average molecular weight is 239 g/mol. The molecule has 1 atom stereocenters. The molecule has 1 fully saturated rings. The highest BCUT2D eigenvalue weighted by atomic mass is 16.5. The summed E-state index contributed by atoms with van der Waals surface area (Å²) in [6, 6.07) is 1.26. The van der Waals surface area contributed by atoms with Crippen molar-refractivity contribution in [2.75, 3.05) is 20.3 Å². The molecule has 0 bridgehead atoms. The quantitative estimate of drug-likeness (QED) is 0.845. The lowest BCUT2D eigenvalue weighted by molar-refractivity contribution is 0.0676. The molecule has 92 valence electrons. The lowest BCUT2D eigenvalue weighted by Gasteiger charge is -2.21. The number of carbonyl (C=O) groups is 2. The number of furan rings is 1. The zero-order chi connectivity index (χ0) is 12.4. The Morgan fingerprint density at radius 3 is 2.82 bits per heavy atom. The number of hydrogen-bond donors (Lipinski definition) is 1. The summed E-state index contributed by atoms with van der Waals surface area (Å²) >= 11 is 0. The third kappa shape index (κ3) is 2.31. The molecule has 6 nitrogen and oxygen atoms in total. The molecule has 1 aliphatic heterocycles. The Morgan fingerprint density at radius 1 is 1.53 bits per heavy atom. The van der Waals surface area contributed by atoms with Crippen molar-refractivity contribution >= 4 is 11.9 Å². The van der Waals surface area contributed by atoms with Gasteiger partial charge < -0.3 is 19.2 Å². The Hall–Kier alpha value is -1.82. The second kappa shape index (κ2) is 4.58. The number of carboxylic acids is 1.